The van der Waals surface area contributed by atoms with Gasteiger partial charge in [0.15, 0.2) is 6.23 Å². The molecule has 2 heterocycles. The van der Waals surface area contributed by atoms with E-state index in [-0.39, 0.29) is 10.2 Å². The molecule has 8 heteroatoms. The SMILES string of the molecule is Cc1ccc(-c2c3c(n([C@@H]4O[C@H](CO)[C@@H](O)[C@H](O)[C@H]4O)c(=S)c2C#N)-c2ccccc2C3)cc1. The van der Waals surface area contributed by atoms with Gasteiger partial charge in [-0.05, 0) is 23.6 Å². The maximum absolute atomic E-state index is 10.9. The molecule has 1 aliphatic carbocycles. The Balaban J connectivity index is 1.83. The van der Waals surface area contributed by atoms with Crippen LogP contribution in [-0.2, 0) is 11.2 Å². The predicted octanol–water partition coefficient (Wildman–Crippen LogP) is 2.61. The van der Waals surface area contributed by atoms with Gasteiger partial charge in [0.2, 0.25) is 0 Å². The zero-order chi connectivity index (χ0) is 24.1. The third-order valence-electron chi connectivity index (χ3n) is 6.72. The molecule has 3 aromatic rings. The number of hydrogen-bond acceptors (Lipinski definition) is 7. The highest BCUT2D eigenvalue weighted by Crippen LogP contribution is 2.46. The average Bonchev–Trinajstić information content (AvgIpc) is 3.22. The third-order valence-corrected chi connectivity index (χ3v) is 7.13. The summed E-state index contributed by atoms with van der Waals surface area (Å²) in [6, 6.07) is 17.9. The minimum Gasteiger partial charge on any atom is -0.394 e. The molecule has 2 aliphatic rings. The van der Waals surface area contributed by atoms with Crippen LogP contribution in [0, 0.1) is 22.9 Å². The van der Waals surface area contributed by atoms with Crippen molar-refractivity contribution in [1.29, 1.82) is 5.26 Å². The van der Waals surface area contributed by atoms with E-state index in [0.717, 1.165) is 33.4 Å². The first-order valence-corrected chi connectivity index (χ1v) is 11.5. The summed E-state index contributed by atoms with van der Waals surface area (Å²) in [7, 11) is 0. The molecule has 1 saturated heterocycles. The molecule has 0 spiro atoms. The second-order valence-corrected chi connectivity index (χ2v) is 9.17. The zero-order valence-corrected chi connectivity index (χ0v) is 19.2. The topological polar surface area (TPSA) is 119 Å². The van der Waals surface area contributed by atoms with Crippen molar-refractivity contribution in [3.63, 3.8) is 0 Å². The smallest absolute Gasteiger partial charge is 0.164 e. The van der Waals surface area contributed by atoms with E-state index < -0.39 is 37.3 Å². The molecule has 0 amide bonds. The van der Waals surface area contributed by atoms with Crippen molar-refractivity contribution in [2.24, 2.45) is 0 Å². The van der Waals surface area contributed by atoms with Crippen LogP contribution in [0.15, 0.2) is 48.5 Å². The zero-order valence-electron chi connectivity index (χ0n) is 18.4. The first-order chi connectivity index (χ1) is 16.4. The van der Waals surface area contributed by atoms with Gasteiger partial charge in [0.25, 0.3) is 0 Å². The number of rotatable bonds is 3. The fourth-order valence-electron chi connectivity index (χ4n) is 4.98. The van der Waals surface area contributed by atoms with Gasteiger partial charge in [-0.3, -0.25) is 0 Å². The van der Waals surface area contributed by atoms with Crippen molar-refractivity contribution in [2.75, 3.05) is 6.61 Å². The van der Waals surface area contributed by atoms with E-state index in [1.807, 2.05) is 55.5 Å². The summed E-state index contributed by atoms with van der Waals surface area (Å²) < 4.78 is 7.59. The molecule has 174 valence electrons. The molecule has 0 radical (unpaired) electrons. The van der Waals surface area contributed by atoms with Crippen molar-refractivity contribution in [3.05, 3.63) is 75.4 Å². The van der Waals surface area contributed by atoms with E-state index in [1.54, 1.807) is 4.57 Å². The summed E-state index contributed by atoms with van der Waals surface area (Å²) in [6.45, 7) is 1.44. The second kappa shape index (κ2) is 8.71. The van der Waals surface area contributed by atoms with Gasteiger partial charge >= 0.3 is 0 Å². The average molecular weight is 477 g/mol. The number of aryl methyl sites for hydroxylation is 1. The van der Waals surface area contributed by atoms with Crippen LogP contribution in [0.5, 0.6) is 0 Å². The summed E-state index contributed by atoms with van der Waals surface area (Å²) in [4.78, 5) is 0. The lowest BCUT2D eigenvalue weighted by atomic mass is 9.92. The summed E-state index contributed by atoms with van der Waals surface area (Å²) in [5, 5.41) is 51.5. The van der Waals surface area contributed by atoms with Crippen LogP contribution >= 0.6 is 12.2 Å². The summed E-state index contributed by atoms with van der Waals surface area (Å²) >= 11 is 5.79. The molecule has 4 N–H and O–H groups in total. The lowest BCUT2D eigenvalue weighted by molar-refractivity contribution is -0.251. The van der Waals surface area contributed by atoms with Crippen molar-refractivity contribution < 1.29 is 25.2 Å². The van der Waals surface area contributed by atoms with Crippen LogP contribution in [-0.4, -0.2) is 56.0 Å². The van der Waals surface area contributed by atoms with Crippen molar-refractivity contribution in [3.8, 4) is 28.5 Å². The molecule has 5 atom stereocenters. The van der Waals surface area contributed by atoms with Crippen LogP contribution in [0.4, 0.5) is 0 Å². The Morgan fingerprint density at radius 1 is 1.06 bits per heavy atom. The molecule has 2 aromatic carbocycles. The van der Waals surface area contributed by atoms with Gasteiger partial charge in [-0.1, -0.05) is 66.3 Å². The third kappa shape index (κ3) is 3.41. The highest BCUT2D eigenvalue weighted by Gasteiger charge is 2.46. The lowest BCUT2D eigenvalue weighted by Gasteiger charge is -2.41. The molecule has 0 bridgehead atoms. The predicted molar refractivity (Wildman–Crippen MR) is 127 cm³/mol. The Hall–Kier alpha value is -2.90. The van der Waals surface area contributed by atoms with E-state index in [9.17, 15) is 25.7 Å². The van der Waals surface area contributed by atoms with Gasteiger partial charge in [0.05, 0.1) is 17.9 Å². The van der Waals surface area contributed by atoms with E-state index in [4.69, 9.17) is 17.0 Å². The molecule has 34 heavy (non-hydrogen) atoms. The molecule has 7 nitrogen and oxygen atoms in total. The van der Waals surface area contributed by atoms with Crippen molar-refractivity contribution in [1.82, 2.24) is 4.57 Å². The Labute approximate surface area is 201 Å². The first-order valence-electron chi connectivity index (χ1n) is 11.0. The standard InChI is InChI=1S/C26H24N2O5S/c1-13-6-8-14(9-7-13)20-17-10-15-4-2-3-5-16(15)21(17)28(26(34)18(20)11-27)25-24(32)23(31)22(30)19(12-29)33-25/h2-9,19,22-25,29-32H,10,12H2,1H3/t19-,22-,23+,24-,25-/m1/s1. The molecule has 1 aliphatic heterocycles. The summed E-state index contributed by atoms with van der Waals surface area (Å²) in [6.07, 6.45) is -6.34. The highest BCUT2D eigenvalue weighted by molar-refractivity contribution is 7.71. The van der Waals surface area contributed by atoms with Crippen LogP contribution in [0.2, 0.25) is 0 Å². The minimum absolute atomic E-state index is 0.151. The molecular weight excluding hydrogens is 452 g/mol. The van der Waals surface area contributed by atoms with Crippen LogP contribution in [0.3, 0.4) is 0 Å². The van der Waals surface area contributed by atoms with E-state index in [1.165, 1.54) is 0 Å². The Bertz CT molecular complexity index is 1360. The number of nitrogens with zero attached hydrogens (tertiary/aromatic N) is 2. The molecule has 1 fully saturated rings. The van der Waals surface area contributed by atoms with E-state index >= 15 is 0 Å². The number of nitriles is 1. The number of fused-ring (bicyclic) bond motifs is 3. The Kier molecular flexibility index (Phi) is 5.86. The van der Waals surface area contributed by atoms with Gasteiger partial charge in [-0.15, -0.1) is 0 Å². The summed E-state index contributed by atoms with van der Waals surface area (Å²) in [5.74, 6) is 0. The Morgan fingerprint density at radius 2 is 1.76 bits per heavy atom. The monoisotopic (exact) mass is 476 g/mol. The largest absolute Gasteiger partial charge is 0.394 e. The van der Waals surface area contributed by atoms with E-state index in [2.05, 4.69) is 6.07 Å². The van der Waals surface area contributed by atoms with Crippen LogP contribution in [0.1, 0.15) is 28.5 Å². The second-order valence-electron chi connectivity index (χ2n) is 8.78. The maximum Gasteiger partial charge on any atom is 0.164 e. The maximum atomic E-state index is 10.9. The first kappa shape index (κ1) is 22.9. The lowest BCUT2D eigenvalue weighted by Crippen LogP contribution is -2.56. The van der Waals surface area contributed by atoms with Gasteiger partial charge in [0.1, 0.15) is 35.1 Å². The normalized spacial score (nSPS) is 25.5. The summed E-state index contributed by atoms with van der Waals surface area (Å²) in [5.41, 5.74) is 6.44. The van der Waals surface area contributed by atoms with Crippen molar-refractivity contribution in [2.45, 2.75) is 44.0 Å². The number of hydrogen-bond donors (Lipinski definition) is 4. The molecule has 0 saturated carbocycles. The Morgan fingerprint density at radius 3 is 2.44 bits per heavy atom. The van der Waals surface area contributed by atoms with Gasteiger partial charge in [0, 0.05) is 17.5 Å². The number of pyridine rings is 1. The van der Waals surface area contributed by atoms with Gasteiger partial charge in [-0.25, -0.2) is 0 Å². The van der Waals surface area contributed by atoms with Crippen molar-refractivity contribution >= 4 is 12.2 Å². The molecule has 1 aromatic heterocycles. The fourth-order valence-corrected chi connectivity index (χ4v) is 5.33. The number of ether oxygens (including phenoxy) is 1. The number of benzene rings is 2. The highest BCUT2D eigenvalue weighted by atomic mass is 32.1. The van der Waals surface area contributed by atoms with Crippen LogP contribution in [0.25, 0.3) is 22.4 Å². The number of aliphatic hydroxyl groups is 4. The van der Waals surface area contributed by atoms with Gasteiger partial charge < -0.3 is 29.7 Å². The quantitative estimate of drug-likeness (QED) is 0.336. The minimum atomic E-state index is -1.56. The number of aromatic nitrogens is 1. The molecule has 0 unspecified atom stereocenters. The number of aliphatic hydroxyl groups excluding tert-OH is 4. The van der Waals surface area contributed by atoms with Gasteiger partial charge in [-0.2, -0.15) is 5.26 Å². The fraction of sp³-hybridized carbons (Fsp3) is 0.308. The molecule has 5 rings (SSSR count). The molecular formula is C26H24N2O5S. The van der Waals surface area contributed by atoms with Crippen LogP contribution < -0.4 is 0 Å². The van der Waals surface area contributed by atoms with E-state index in [0.29, 0.717) is 12.1 Å².